The zero-order valence-corrected chi connectivity index (χ0v) is 7.12. The molecule has 0 aromatic carbocycles. The number of carbonyl (C=O) groups excluding carboxylic acids is 1. The Kier molecular flexibility index (Phi) is 2.68. The average molecular weight is 149 g/mol. The molecule has 0 aliphatic carbocycles. The van der Waals surface area contributed by atoms with Crippen LogP contribution in [0.3, 0.4) is 0 Å². The Hall–Kier alpha value is -0.0400. The molecule has 0 amide bonds. The summed E-state index contributed by atoms with van der Waals surface area (Å²) in [6.45, 7) is 7.84. The highest BCUT2D eigenvalue weighted by molar-refractivity contribution is 6.64. The lowest BCUT2D eigenvalue weighted by atomic mass is 9.83. The van der Waals surface area contributed by atoms with Crippen LogP contribution in [0.5, 0.6) is 0 Å². The fraction of sp³-hybridized carbons (Fsp3) is 0.857. The first-order valence-electron chi connectivity index (χ1n) is 3.05. The van der Waals surface area contributed by atoms with E-state index >= 15 is 0 Å². The number of rotatable bonds is 1. The van der Waals surface area contributed by atoms with E-state index < -0.39 is 0 Å². The van der Waals surface area contributed by atoms with Crippen LogP contribution < -0.4 is 0 Å². The van der Waals surface area contributed by atoms with Crippen LogP contribution in [0.1, 0.15) is 27.7 Å². The number of halogens is 1. The monoisotopic (exact) mass is 148 g/mol. The van der Waals surface area contributed by atoms with Crippen molar-refractivity contribution in [3.8, 4) is 0 Å². The van der Waals surface area contributed by atoms with Crippen LogP contribution in [0.2, 0.25) is 0 Å². The third-order valence-electron chi connectivity index (χ3n) is 1.64. The molecule has 0 aliphatic rings. The smallest absolute Gasteiger partial charge is 0.224 e. The normalized spacial score (nSPS) is 15.2. The Balaban J connectivity index is 4.04. The Labute approximate surface area is 61.4 Å². The summed E-state index contributed by atoms with van der Waals surface area (Å²) in [6.07, 6.45) is 0. The number of hydrogen-bond acceptors (Lipinski definition) is 1. The molecule has 2 heteroatoms. The summed E-state index contributed by atoms with van der Waals surface area (Å²) >= 11 is 5.27. The molecule has 0 bridgehead atoms. The topological polar surface area (TPSA) is 17.1 Å². The molecule has 9 heavy (non-hydrogen) atoms. The molecule has 1 unspecified atom stereocenters. The van der Waals surface area contributed by atoms with Gasteiger partial charge < -0.3 is 0 Å². The zero-order valence-electron chi connectivity index (χ0n) is 6.36. The summed E-state index contributed by atoms with van der Waals surface area (Å²) < 4.78 is 0. The molecule has 0 heterocycles. The molecule has 0 fully saturated rings. The van der Waals surface area contributed by atoms with E-state index in [2.05, 4.69) is 0 Å². The average Bonchev–Trinajstić information content (AvgIpc) is 1.62. The number of carbonyl (C=O) groups is 1. The predicted octanol–water partition coefficient (Wildman–Crippen LogP) is 2.43. The lowest BCUT2D eigenvalue weighted by Crippen LogP contribution is -2.22. The summed E-state index contributed by atoms with van der Waals surface area (Å²) in [5.41, 5.74) is -0.00116. The quantitative estimate of drug-likeness (QED) is 0.522. The molecule has 0 N–H and O–H groups in total. The zero-order chi connectivity index (χ0) is 7.65. The van der Waals surface area contributed by atoms with Crippen molar-refractivity contribution >= 4 is 16.8 Å². The second kappa shape index (κ2) is 2.70. The third-order valence-corrected chi connectivity index (χ3v) is 1.97. The van der Waals surface area contributed by atoms with Crippen molar-refractivity contribution in [2.75, 3.05) is 0 Å². The van der Waals surface area contributed by atoms with E-state index in [-0.39, 0.29) is 16.6 Å². The maximum absolute atomic E-state index is 10.6. The Morgan fingerprint density at radius 3 is 1.78 bits per heavy atom. The minimum Gasteiger partial charge on any atom is -0.281 e. The standard InChI is InChI=1S/C7H13ClO/c1-5(6(8)9)7(2,3)4/h5H,1-4H3. The molecule has 0 aromatic heterocycles. The lowest BCUT2D eigenvalue weighted by molar-refractivity contribution is -0.117. The first-order valence-corrected chi connectivity index (χ1v) is 3.43. The summed E-state index contributed by atoms with van der Waals surface area (Å²) in [6, 6.07) is 0. The van der Waals surface area contributed by atoms with Crippen molar-refractivity contribution in [3.05, 3.63) is 0 Å². The van der Waals surface area contributed by atoms with Gasteiger partial charge in [-0.1, -0.05) is 27.7 Å². The highest BCUT2D eigenvalue weighted by Crippen LogP contribution is 2.26. The van der Waals surface area contributed by atoms with Gasteiger partial charge in [0.15, 0.2) is 0 Å². The van der Waals surface area contributed by atoms with Crippen molar-refractivity contribution in [3.63, 3.8) is 0 Å². The number of hydrogen-bond donors (Lipinski definition) is 0. The minimum absolute atomic E-state index is 0.00116. The fourth-order valence-corrected chi connectivity index (χ4v) is 0.668. The second-order valence-electron chi connectivity index (χ2n) is 3.39. The van der Waals surface area contributed by atoms with E-state index in [9.17, 15) is 4.79 Å². The molecular weight excluding hydrogens is 136 g/mol. The molecule has 0 saturated heterocycles. The Morgan fingerprint density at radius 2 is 1.78 bits per heavy atom. The first kappa shape index (κ1) is 8.96. The van der Waals surface area contributed by atoms with Crippen molar-refractivity contribution in [1.29, 1.82) is 0 Å². The highest BCUT2D eigenvalue weighted by atomic mass is 35.5. The molecule has 54 valence electrons. The lowest BCUT2D eigenvalue weighted by Gasteiger charge is -2.23. The van der Waals surface area contributed by atoms with Gasteiger partial charge >= 0.3 is 0 Å². The van der Waals surface area contributed by atoms with Crippen LogP contribution >= 0.6 is 11.6 Å². The van der Waals surface area contributed by atoms with Gasteiger partial charge in [0.25, 0.3) is 0 Å². The van der Waals surface area contributed by atoms with E-state index in [0.717, 1.165) is 0 Å². The van der Waals surface area contributed by atoms with Crippen LogP contribution in [0, 0.1) is 11.3 Å². The van der Waals surface area contributed by atoms with Crippen LogP contribution in [0.4, 0.5) is 0 Å². The van der Waals surface area contributed by atoms with Gasteiger partial charge in [0.05, 0.1) is 0 Å². The van der Waals surface area contributed by atoms with E-state index in [1.165, 1.54) is 0 Å². The summed E-state index contributed by atoms with van der Waals surface area (Å²) in [4.78, 5) is 10.6. The predicted molar refractivity (Wildman–Crippen MR) is 39.5 cm³/mol. The van der Waals surface area contributed by atoms with Crippen molar-refractivity contribution in [2.45, 2.75) is 27.7 Å². The molecule has 0 aliphatic heterocycles. The van der Waals surface area contributed by atoms with Crippen LogP contribution in [0.25, 0.3) is 0 Å². The molecule has 0 aromatic rings. The Bertz CT molecular complexity index is 113. The molecule has 0 spiro atoms. The van der Waals surface area contributed by atoms with E-state index in [1.807, 2.05) is 27.7 Å². The van der Waals surface area contributed by atoms with Crippen molar-refractivity contribution in [1.82, 2.24) is 0 Å². The molecule has 0 rings (SSSR count). The first-order chi connectivity index (χ1) is 3.85. The largest absolute Gasteiger partial charge is 0.281 e. The van der Waals surface area contributed by atoms with Gasteiger partial charge in [-0.15, -0.1) is 0 Å². The van der Waals surface area contributed by atoms with Gasteiger partial charge in [-0.3, -0.25) is 4.79 Å². The van der Waals surface area contributed by atoms with E-state index in [1.54, 1.807) is 0 Å². The molecule has 0 saturated carbocycles. The minimum atomic E-state index is -0.248. The van der Waals surface area contributed by atoms with Gasteiger partial charge in [0.1, 0.15) is 0 Å². The molecule has 1 nitrogen and oxygen atoms in total. The summed E-state index contributed by atoms with van der Waals surface area (Å²) in [5, 5.41) is -0.248. The van der Waals surface area contributed by atoms with Gasteiger partial charge in [0.2, 0.25) is 5.24 Å². The summed E-state index contributed by atoms with van der Waals surface area (Å²) in [5.74, 6) is -0.0563. The fourth-order valence-electron chi connectivity index (χ4n) is 0.340. The van der Waals surface area contributed by atoms with Crippen molar-refractivity contribution < 1.29 is 4.79 Å². The molecule has 1 atom stereocenters. The van der Waals surface area contributed by atoms with E-state index in [0.29, 0.717) is 0 Å². The molecular formula is C7H13ClO. The van der Waals surface area contributed by atoms with Crippen LogP contribution in [0.15, 0.2) is 0 Å². The molecule has 0 radical (unpaired) electrons. The van der Waals surface area contributed by atoms with Crippen LogP contribution in [-0.4, -0.2) is 5.24 Å². The van der Waals surface area contributed by atoms with Gasteiger partial charge in [-0.25, -0.2) is 0 Å². The maximum Gasteiger partial charge on any atom is 0.224 e. The maximum atomic E-state index is 10.6. The highest BCUT2D eigenvalue weighted by Gasteiger charge is 2.24. The Morgan fingerprint density at radius 1 is 1.44 bits per heavy atom. The van der Waals surface area contributed by atoms with Crippen molar-refractivity contribution in [2.24, 2.45) is 11.3 Å². The SMILES string of the molecule is CC(C(=O)Cl)C(C)(C)C. The summed E-state index contributed by atoms with van der Waals surface area (Å²) in [7, 11) is 0. The van der Waals surface area contributed by atoms with E-state index in [4.69, 9.17) is 11.6 Å². The van der Waals surface area contributed by atoms with Crippen LogP contribution in [-0.2, 0) is 4.79 Å². The van der Waals surface area contributed by atoms with Gasteiger partial charge in [-0.2, -0.15) is 0 Å². The van der Waals surface area contributed by atoms with Gasteiger partial charge in [0, 0.05) is 5.92 Å². The third kappa shape index (κ3) is 2.85. The second-order valence-corrected chi connectivity index (χ2v) is 3.76. The van der Waals surface area contributed by atoms with Gasteiger partial charge in [-0.05, 0) is 17.0 Å².